The van der Waals surface area contributed by atoms with Gasteiger partial charge in [0.2, 0.25) is 0 Å². The fourth-order valence-electron chi connectivity index (χ4n) is 2.05. The van der Waals surface area contributed by atoms with Crippen molar-refractivity contribution in [2.45, 2.75) is 26.0 Å². The molecule has 0 radical (unpaired) electrons. The maximum Gasteiger partial charge on any atom is 0.407 e. The molecule has 2 aromatic rings. The second kappa shape index (κ2) is 7.94. The van der Waals surface area contributed by atoms with Crippen LogP contribution < -0.4 is 5.32 Å². The Balaban J connectivity index is 1.82. The van der Waals surface area contributed by atoms with Gasteiger partial charge in [-0.1, -0.05) is 46.3 Å². The molecule has 0 aliphatic heterocycles. The van der Waals surface area contributed by atoms with E-state index in [1.807, 2.05) is 37.3 Å². The van der Waals surface area contributed by atoms with Gasteiger partial charge in [0.25, 0.3) is 0 Å². The monoisotopic (exact) mass is 365 g/mol. The van der Waals surface area contributed by atoms with Crippen LogP contribution in [0.4, 0.5) is 9.18 Å². The maximum atomic E-state index is 13.7. The molecule has 0 aliphatic rings. The molecule has 116 valence electrons. The third-order valence-electron chi connectivity index (χ3n) is 3.11. The molecule has 22 heavy (non-hydrogen) atoms. The van der Waals surface area contributed by atoms with Gasteiger partial charge in [-0.3, -0.25) is 0 Å². The van der Waals surface area contributed by atoms with Crippen LogP contribution in [0.2, 0.25) is 0 Å². The van der Waals surface area contributed by atoms with Crippen molar-refractivity contribution < 1.29 is 13.9 Å². The summed E-state index contributed by atoms with van der Waals surface area (Å²) in [5, 5.41) is 2.70. The van der Waals surface area contributed by atoms with Gasteiger partial charge in [-0.2, -0.15) is 0 Å². The number of hydrogen-bond donors (Lipinski definition) is 1. The smallest absolute Gasteiger partial charge is 0.407 e. The fraction of sp³-hybridized carbons (Fsp3) is 0.235. The quantitative estimate of drug-likeness (QED) is 0.849. The predicted octanol–water partition coefficient (Wildman–Crippen LogP) is 4.45. The van der Waals surface area contributed by atoms with Crippen LogP contribution in [0, 0.1) is 5.82 Å². The van der Waals surface area contributed by atoms with Gasteiger partial charge < -0.3 is 10.1 Å². The molecule has 0 spiro atoms. The highest BCUT2D eigenvalue weighted by molar-refractivity contribution is 9.10. The lowest BCUT2D eigenvalue weighted by Crippen LogP contribution is -2.34. The van der Waals surface area contributed by atoms with Gasteiger partial charge in [-0.25, -0.2) is 9.18 Å². The minimum atomic E-state index is -0.508. The molecule has 1 N–H and O–H groups in total. The van der Waals surface area contributed by atoms with Gasteiger partial charge >= 0.3 is 6.09 Å². The number of alkyl carbamates (subject to hydrolysis) is 1. The summed E-state index contributed by atoms with van der Waals surface area (Å²) in [6, 6.07) is 14.0. The number of ether oxygens (including phenoxy) is 1. The number of amides is 1. The third kappa shape index (κ3) is 5.15. The molecule has 0 bridgehead atoms. The van der Waals surface area contributed by atoms with Gasteiger partial charge in [0.15, 0.2) is 0 Å². The van der Waals surface area contributed by atoms with E-state index in [9.17, 15) is 9.18 Å². The van der Waals surface area contributed by atoms with Crippen molar-refractivity contribution in [1.82, 2.24) is 5.32 Å². The van der Waals surface area contributed by atoms with Crippen LogP contribution in [0.15, 0.2) is 53.0 Å². The minimum Gasteiger partial charge on any atom is -0.445 e. The Labute approximate surface area is 137 Å². The van der Waals surface area contributed by atoms with E-state index in [1.54, 1.807) is 12.1 Å². The Hall–Kier alpha value is -1.88. The Morgan fingerprint density at radius 3 is 2.73 bits per heavy atom. The van der Waals surface area contributed by atoms with E-state index in [0.717, 1.165) is 10.0 Å². The number of nitrogens with one attached hydrogen (secondary N) is 1. The number of carbonyl (C=O) groups excluding carboxylic acids is 1. The van der Waals surface area contributed by atoms with E-state index in [4.69, 9.17) is 4.74 Å². The number of benzene rings is 2. The highest BCUT2D eigenvalue weighted by Gasteiger charge is 2.12. The minimum absolute atomic E-state index is 0.213. The van der Waals surface area contributed by atoms with Crippen molar-refractivity contribution in [3.05, 3.63) is 69.9 Å². The Morgan fingerprint density at radius 1 is 1.27 bits per heavy atom. The molecule has 1 atom stereocenters. The van der Waals surface area contributed by atoms with Gasteiger partial charge in [-0.15, -0.1) is 0 Å². The molecule has 0 saturated heterocycles. The first kappa shape index (κ1) is 16.5. The summed E-state index contributed by atoms with van der Waals surface area (Å²) in [5.41, 5.74) is 1.47. The number of hydrogen-bond acceptors (Lipinski definition) is 2. The van der Waals surface area contributed by atoms with Gasteiger partial charge in [0.1, 0.15) is 12.4 Å². The first-order valence-electron chi connectivity index (χ1n) is 6.95. The van der Waals surface area contributed by atoms with Gasteiger partial charge in [-0.05, 0) is 42.7 Å². The summed E-state index contributed by atoms with van der Waals surface area (Å²) in [6.45, 7) is 2.02. The molecule has 0 saturated carbocycles. The highest BCUT2D eigenvalue weighted by Crippen LogP contribution is 2.17. The van der Waals surface area contributed by atoms with E-state index < -0.39 is 6.09 Å². The van der Waals surface area contributed by atoms with Crippen molar-refractivity contribution in [3.8, 4) is 0 Å². The lowest BCUT2D eigenvalue weighted by Gasteiger charge is -2.15. The Bertz CT molecular complexity index is 634. The molecular formula is C17H17BrFNO2. The summed E-state index contributed by atoms with van der Waals surface area (Å²) in [7, 11) is 0. The summed E-state index contributed by atoms with van der Waals surface area (Å²) in [6.07, 6.45) is -0.113. The first-order chi connectivity index (χ1) is 10.5. The van der Waals surface area contributed by atoms with E-state index in [-0.39, 0.29) is 18.5 Å². The van der Waals surface area contributed by atoms with E-state index >= 15 is 0 Å². The Morgan fingerprint density at radius 2 is 2.00 bits per heavy atom. The second-order valence-electron chi connectivity index (χ2n) is 5.05. The SMILES string of the molecule is CC(Cc1cc(Br)ccc1F)NC(=O)OCc1ccccc1. The van der Waals surface area contributed by atoms with Crippen LogP contribution in [0.5, 0.6) is 0 Å². The van der Waals surface area contributed by atoms with E-state index in [0.29, 0.717) is 12.0 Å². The largest absolute Gasteiger partial charge is 0.445 e. The molecule has 0 fully saturated rings. The van der Waals surface area contributed by atoms with Crippen molar-refractivity contribution in [2.24, 2.45) is 0 Å². The summed E-state index contributed by atoms with van der Waals surface area (Å²) in [4.78, 5) is 11.7. The molecular weight excluding hydrogens is 349 g/mol. The van der Waals surface area contributed by atoms with Crippen molar-refractivity contribution in [1.29, 1.82) is 0 Å². The predicted molar refractivity (Wildman–Crippen MR) is 87.0 cm³/mol. The van der Waals surface area contributed by atoms with Gasteiger partial charge in [0.05, 0.1) is 0 Å². The lowest BCUT2D eigenvalue weighted by molar-refractivity contribution is 0.136. The second-order valence-corrected chi connectivity index (χ2v) is 5.96. The molecule has 0 aliphatic carbocycles. The zero-order chi connectivity index (χ0) is 15.9. The number of carbonyl (C=O) groups is 1. The standard InChI is InChI=1S/C17H17BrFNO2/c1-12(9-14-10-15(18)7-8-16(14)19)20-17(21)22-11-13-5-3-2-4-6-13/h2-8,10,12H,9,11H2,1H3,(H,20,21). The van der Waals surface area contributed by atoms with Crippen molar-refractivity contribution >= 4 is 22.0 Å². The molecule has 2 aromatic carbocycles. The first-order valence-corrected chi connectivity index (χ1v) is 7.75. The fourth-order valence-corrected chi connectivity index (χ4v) is 2.46. The lowest BCUT2D eigenvalue weighted by atomic mass is 10.1. The average Bonchev–Trinajstić information content (AvgIpc) is 2.50. The summed E-state index contributed by atoms with van der Waals surface area (Å²) in [5.74, 6) is -0.283. The Kier molecular flexibility index (Phi) is 5.95. The zero-order valence-electron chi connectivity index (χ0n) is 12.2. The average molecular weight is 366 g/mol. The number of halogens is 2. The van der Waals surface area contributed by atoms with Crippen molar-refractivity contribution in [3.63, 3.8) is 0 Å². The van der Waals surface area contributed by atoms with E-state index in [1.165, 1.54) is 6.07 Å². The molecule has 5 heteroatoms. The zero-order valence-corrected chi connectivity index (χ0v) is 13.8. The normalized spacial score (nSPS) is 11.8. The molecule has 3 nitrogen and oxygen atoms in total. The molecule has 2 rings (SSSR count). The topological polar surface area (TPSA) is 38.3 Å². The third-order valence-corrected chi connectivity index (χ3v) is 3.60. The van der Waals surface area contributed by atoms with Crippen LogP contribution in [-0.2, 0) is 17.8 Å². The number of rotatable bonds is 5. The van der Waals surface area contributed by atoms with Crippen LogP contribution in [0.1, 0.15) is 18.1 Å². The van der Waals surface area contributed by atoms with Crippen LogP contribution >= 0.6 is 15.9 Å². The molecule has 1 amide bonds. The highest BCUT2D eigenvalue weighted by atomic mass is 79.9. The summed E-state index contributed by atoms with van der Waals surface area (Å²) >= 11 is 3.31. The van der Waals surface area contributed by atoms with Crippen LogP contribution in [-0.4, -0.2) is 12.1 Å². The molecule has 0 heterocycles. The van der Waals surface area contributed by atoms with Gasteiger partial charge in [0, 0.05) is 10.5 Å². The van der Waals surface area contributed by atoms with Crippen LogP contribution in [0.3, 0.4) is 0 Å². The van der Waals surface area contributed by atoms with E-state index in [2.05, 4.69) is 21.2 Å². The maximum absolute atomic E-state index is 13.7. The molecule has 0 aromatic heterocycles. The molecule has 1 unspecified atom stereocenters. The van der Waals surface area contributed by atoms with Crippen molar-refractivity contribution in [2.75, 3.05) is 0 Å². The summed E-state index contributed by atoms with van der Waals surface area (Å²) < 4.78 is 19.6. The van der Waals surface area contributed by atoms with Crippen LogP contribution in [0.25, 0.3) is 0 Å².